The van der Waals surface area contributed by atoms with Gasteiger partial charge in [-0.05, 0) is 0 Å². The van der Waals surface area contributed by atoms with E-state index in [-0.39, 0.29) is 11.6 Å². The summed E-state index contributed by atoms with van der Waals surface area (Å²) in [5.74, 6) is 1.30. The molecule has 0 aliphatic rings. The molecule has 3 aromatic rings. The minimum Gasteiger partial charge on any atom is -0.361 e. The Bertz CT molecular complexity index is 905. The van der Waals surface area contributed by atoms with Crippen LogP contribution in [-0.4, -0.2) is 49.2 Å². The van der Waals surface area contributed by atoms with Gasteiger partial charge in [0, 0.05) is 39.8 Å². The van der Waals surface area contributed by atoms with Crippen molar-refractivity contribution in [3.8, 4) is 11.3 Å². The Hall–Kier alpha value is -3.42. The van der Waals surface area contributed by atoms with Crippen molar-refractivity contribution in [2.75, 3.05) is 43.3 Å². The Labute approximate surface area is 151 Å². The summed E-state index contributed by atoms with van der Waals surface area (Å²) in [7, 11) is 7.41. The standard InChI is InChI=1S/C18H20N6O2/c1-23(2)16-14(11-19-18(21-16)24(3)4)20-17(25)13-10-15(26-22-13)12-8-6-5-7-9-12/h5-11H,1-4H3,(H,20,25). The lowest BCUT2D eigenvalue weighted by molar-refractivity contribution is 0.101. The minimum absolute atomic E-state index is 0.185. The van der Waals surface area contributed by atoms with E-state index in [2.05, 4.69) is 20.4 Å². The molecule has 0 aliphatic heterocycles. The summed E-state index contributed by atoms with van der Waals surface area (Å²) < 4.78 is 5.28. The second-order valence-electron chi connectivity index (χ2n) is 6.09. The average Bonchev–Trinajstić information content (AvgIpc) is 3.12. The summed E-state index contributed by atoms with van der Waals surface area (Å²) >= 11 is 0. The third-order valence-electron chi connectivity index (χ3n) is 3.63. The quantitative estimate of drug-likeness (QED) is 0.755. The molecule has 0 unspecified atom stereocenters. The van der Waals surface area contributed by atoms with Crippen molar-refractivity contribution in [3.63, 3.8) is 0 Å². The molecule has 1 amide bonds. The highest BCUT2D eigenvalue weighted by atomic mass is 16.5. The lowest BCUT2D eigenvalue weighted by Gasteiger charge is -2.19. The number of amides is 1. The molecule has 1 N–H and O–H groups in total. The average molecular weight is 352 g/mol. The van der Waals surface area contributed by atoms with Crippen molar-refractivity contribution >= 4 is 23.4 Å². The molecule has 26 heavy (non-hydrogen) atoms. The topological polar surface area (TPSA) is 87.4 Å². The Kier molecular flexibility index (Phi) is 4.83. The molecule has 0 saturated heterocycles. The Morgan fingerprint density at radius 2 is 1.81 bits per heavy atom. The Morgan fingerprint density at radius 1 is 1.08 bits per heavy atom. The molecule has 0 saturated carbocycles. The molecule has 0 spiro atoms. The maximum atomic E-state index is 12.5. The van der Waals surface area contributed by atoms with Gasteiger partial charge in [0.05, 0.1) is 6.20 Å². The predicted octanol–water partition coefficient (Wildman–Crippen LogP) is 2.52. The molecule has 8 heteroatoms. The van der Waals surface area contributed by atoms with Crippen LogP contribution in [-0.2, 0) is 0 Å². The van der Waals surface area contributed by atoms with Gasteiger partial charge in [0.15, 0.2) is 17.3 Å². The fourth-order valence-corrected chi connectivity index (χ4v) is 2.32. The number of benzene rings is 1. The van der Waals surface area contributed by atoms with Crippen molar-refractivity contribution in [2.24, 2.45) is 0 Å². The first-order chi connectivity index (χ1) is 12.5. The van der Waals surface area contributed by atoms with Crippen LogP contribution >= 0.6 is 0 Å². The summed E-state index contributed by atoms with van der Waals surface area (Å²) in [4.78, 5) is 24.8. The first-order valence-electron chi connectivity index (χ1n) is 8.01. The summed E-state index contributed by atoms with van der Waals surface area (Å²) in [6, 6.07) is 11.1. The van der Waals surface area contributed by atoms with Crippen LogP contribution in [0.25, 0.3) is 11.3 Å². The molecule has 8 nitrogen and oxygen atoms in total. The van der Waals surface area contributed by atoms with E-state index < -0.39 is 0 Å². The van der Waals surface area contributed by atoms with E-state index in [1.165, 1.54) is 0 Å². The van der Waals surface area contributed by atoms with E-state index in [0.717, 1.165) is 5.56 Å². The predicted molar refractivity (Wildman–Crippen MR) is 101 cm³/mol. The number of nitrogens with zero attached hydrogens (tertiary/aromatic N) is 5. The second kappa shape index (κ2) is 7.22. The van der Waals surface area contributed by atoms with Crippen LogP contribution in [0.5, 0.6) is 0 Å². The SMILES string of the molecule is CN(C)c1ncc(NC(=O)c2cc(-c3ccccc3)on2)c(N(C)C)n1. The molecule has 1 aromatic carbocycles. The summed E-state index contributed by atoms with van der Waals surface area (Å²) in [6.07, 6.45) is 1.58. The number of aromatic nitrogens is 3. The molecule has 134 valence electrons. The van der Waals surface area contributed by atoms with Gasteiger partial charge < -0.3 is 19.6 Å². The molecule has 2 aromatic heterocycles. The van der Waals surface area contributed by atoms with Crippen molar-refractivity contribution in [1.29, 1.82) is 0 Å². The molecule has 0 atom stereocenters. The zero-order chi connectivity index (χ0) is 18.7. The fourth-order valence-electron chi connectivity index (χ4n) is 2.32. The number of hydrogen-bond acceptors (Lipinski definition) is 7. The van der Waals surface area contributed by atoms with Gasteiger partial charge in [-0.1, -0.05) is 35.5 Å². The Morgan fingerprint density at radius 3 is 2.46 bits per heavy atom. The van der Waals surface area contributed by atoms with E-state index in [4.69, 9.17) is 4.52 Å². The minimum atomic E-state index is -0.389. The number of hydrogen-bond donors (Lipinski definition) is 1. The van der Waals surface area contributed by atoms with Gasteiger partial charge in [-0.15, -0.1) is 0 Å². The van der Waals surface area contributed by atoms with E-state index in [1.54, 1.807) is 17.2 Å². The normalized spacial score (nSPS) is 10.5. The van der Waals surface area contributed by atoms with Crippen LogP contribution in [0, 0.1) is 0 Å². The molecule has 0 fully saturated rings. The van der Waals surface area contributed by atoms with Gasteiger partial charge in [0.1, 0.15) is 5.69 Å². The number of nitrogens with one attached hydrogen (secondary N) is 1. The maximum Gasteiger partial charge on any atom is 0.278 e. The van der Waals surface area contributed by atoms with E-state index in [9.17, 15) is 4.79 Å². The highest BCUT2D eigenvalue weighted by molar-refractivity contribution is 6.04. The van der Waals surface area contributed by atoms with Crippen LogP contribution < -0.4 is 15.1 Å². The van der Waals surface area contributed by atoms with Gasteiger partial charge in [-0.2, -0.15) is 4.98 Å². The lowest BCUT2D eigenvalue weighted by atomic mass is 10.1. The third-order valence-corrected chi connectivity index (χ3v) is 3.63. The van der Waals surface area contributed by atoms with Gasteiger partial charge in [-0.3, -0.25) is 4.79 Å². The van der Waals surface area contributed by atoms with Gasteiger partial charge >= 0.3 is 0 Å². The zero-order valence-corrected chi connectivity index (χ0v) is 15.1. The second-order valence-corrected chi connectivity index (χ2v) is 6.09. The maximum absolute atomic E-state index is 12.5. The van der Waals surface area contributed by atoms with Gasteiger partial charge in [0.25, 0.3) is 5.91 Å². The number of carbonyl (C=O) groups is 1. The van der Waals surface area contributed by atoms with Crippen molar-refractivity contribution in [1.82, 2.24) is 15.1 Å². The molecular weight excluding hydrogens is 332 g/mol. The molecule has 3 rings (SSSR count). The van der Waals surface area contributed by atoms with Crippen molar-refractivity contribution < 1.29 is 9.32 Å². The first-order valence-corrected chi connectivity index (χ1v) is 8.01. The smallest absolute Gasteiger partial charge is 0.278 e. The highest BCUT2D eigenvalue weighted by Gasteiger charge is 2.17. The molecule has 2 heterocycles. The van der Waals surface area contributed by atoms with Crippen LogP contribution in [0.15, 0.2) is 47.1 Å². The summed E-state index contributed by atoms with van der Waals surface area (Å²) in [5.41, 5.74) is 1.53. The summed E-state index contributed by atoms with van der Waals surface area (Å²) in [5, 5.41) is 6.65. The number of anilines is 3. The van der Waals surface area contributed by atoms with Crippen molar-refractivity contribution in [3.05, 3.63) is 48.3 Å². The molecule has 0 radical (unpaired) electrons. The summed E-state index contributed by atoms with van der Waals surface area (Å²) in [6.45, 7) is 0. The van der Waals surface area contributed by atoms with Crippen LogP contribution in [0.3, 0.4) is 0 Å². The molecule has 0 aliphatic carbocycles. The number of rotatable bonds is 5. The first kappa shape index (κ1) is 17.4. The van der Waals surface area contributed by atoms with E-state index in [0.29, 0.717) is 23.2 Å². The molecule has 0 bridgehead atoms. The largest absolute Gasteiger partial charge is 0.361 e. The van der Waals surface area contributed by atoms with Crippen LogP contribution in [0.1, 0.15) is 10.5 Å². The van der Waals surface area contributed by atoms with Crippen LogP contribution in [0.4, 0.5) is 17.5 Å². The van der Waals surface area contributed by atoms with E-state index in [1.807, 2.05) is 63.4 Å². The fraction of sp³-hybridized carbons (Fsp3) is 0.222. The Balaban J connectivity index is 1.83. The van der Waals surface area contributed by atoms with E-state index >= 15 is 0 Å². The van der Waals surface area contributed by atoms with Gasteiger partial charge in [-0.25, -0.2) is 4.98 Å². The lowest BCUT2D eigenvalue weighted by Crippen LogP contribution is -2.21. The molecular formula is C18H20N6O2. The highest BCUT2D eigenvalue weighted by Crippen LogP contribution is 2.24. The van der Waals surface area contributed by atoms with Crippen LogP contribution in [0.2, 0.25) is 0 Å². The third kappa shape index (κ3) is 3.64. The van der Waals surface area contributed by atoms with Gasteiger partial charge in [0.2, 0.25) is 5.95 Å². The monoisotopic (exact) mass is 352 g/mol. The zero-order valence-electron chi connectivity index (χ0n) is 15.1. The van der Waals surface area contributed by atoms with Crippen molar-refractivity contribution in [2.45, 2.75) is 0 Å². The number of carbonyl (C=O) groups excluding carboxylic acids is 1.